The maximum atomic E-state index is 11.8. The molecule has 3 rings (SSSR count). The Kier molecular flexibility index (Phi) is 2.95. The fraction of sp³-hybridized carbons (Fsp3) is 0.688. The van der Waals surface area contributed by atoms with Gasteiger partial charge in [0, 0.05) is 6.42 Å². The molecule has 3 nitrogen and oxygen atoms in total. The molecule has 0 saturated heterocycles. The molecule has 0 amide bonds. The lowest BCUT2D eigenvalue weighted by Gasteiger charge is -2.51. The summed E-state index contributed by atoms with van der Waals surface area (Å²) in [5.74, 6) is 0.972. The minimum atomic E-state index is -0.622. The molecule has 2 N–H and O–H groups in total. The van der Waals surface area contributed by atoms with Gasteiger partial charge in [-0.25, -0.2) is 0 Å². The standard InChI is InChI=1S/C16H22O3/c1-9-10-5-6-16(2)8-15(19)14(18)7-12(16)11(10)3-4-13(9)17/h5-6,11-12,14-15,18-19H,3-4,7-8H2,1-2H3/t11-,12-,14-,15-,16-/m1/s1. The second-order valence-electron chi connectivity index (χ2n) is 6.67. The van der Waals surface area contributed by atoms with Crippen molar-refractivity contribution in [3.8, 4) is 0 Å². The number of ketones is 1. The summed E-state index contributed by atoms with van der Waals surface area (Å²) in [6.07, 6.45) is 5.77. The molecule has 0 unspecified atom stereocenters. The normalized spacial score (nSPS) is 46.0. The number of hydrogen-bond donors (Lipinski definition) is 2. The van der Waals surface area contributed by atoms with Gasteiger partial charge in [0.25, 0.3) is 0 Å². The quantitative estimate of drug-likeness (QED) is 0.702. The third-order valence-electron chi connectivity index (χ3n) is 5.50. The summed E-state index contributed by atoms with van der Waals surface area (Å²) >= 11 is 0. The highest BCUT2D eigenvalue weighted by Gasteiger charge is 2.49. The average Bonchev–Trinajstić information content (AvgIpc) is 2.36. The van der Waals surface area contributed by atoms with Crippen molar-refractivity contribution in [3.05, 3.63) is 23.3 Å². The summed E-state index contributed by atoms with van der Waals surface area (Å²) in [7, 11) is 0. The Morgan fingerprint density at radius 2 is 2.05 bits per heavy atom. The number of allylic oxidation sites excluding steroid dienone is 4. The number of aliphatic hydroxyl groups is 2. The second-order valence-corrected chi connectivity index (χ2v) is 6.67. The second kappa shape index (κ2) is 4.29. The van der Waals surface area contributed by atoms with Gasteiger partial charge in [-0.15, -0.1) is 0 Å². The van der Waals surface area contributed by atoms with E-state index in [0.29, 0.717) is 31.1 Å². The van der Waals surface area contributed by atoms with Crippen LogP contribution in [0.25, 0.3) is 0 Å². The van der Waals surface area contributed by atoms with E-state index < -0.39 is 12.2 Å². The smallest absolute Gasteiger partial charge is 0.158 e. The minimum Gasteiger partial charge on any atom is -0.390 e. The van der Waals surface area contributed by atoms with Crippen LogP contribution in [0.3, 0.4) is 0 Å². The largest absolute Gasteiger partial charge is 0.390 e. The van der Waals surface area contributed by atoms with Crippen molar-refractivity contribution in [2.75, 3.05) is 0 Å². The van der Waals surface area contributed by atoms with Gasteiger partial charge in [0.15, 0.2) is 5.78 Å². The molecule has 1 saturated carbocycles. The summed E-state index contributed by atoms with van der Waals surface area (Å²) in [5, 5.41) is 19.9. The van der Waals surface area contributed by atoms with E-state index >= 15 is 0 Å². The van der Waals surface area contributed by atoms with Crippen molar-refractivity contribution in [3.63, 3.8) is 0 Å². The predicted octanol–water partition coefficient (Wildman–Crippen LogP) is 1.99. The molecular weight excluding hydrogens is 240 g/mol. The van der Waals surface area contributed by atoms with E-state index in [9.17, 15) is 15.0 Å². The number of aliphatic hydroxyl groups excluding tert-OH is 2. The van der Waals surface area contributed by atoms with Crippen molar-refractivity contribution < 1.29 is 15.0 Å². The Balaban J connectivity index is 2.03. The molecule has 0 aromatic carbocycles. The molecule has 0 spiro atoms. The SMILES string of the molecule is CC1=C2C=C[C@]3(C)C[C@@H](O)[C@H](O)C[C@@H]3[C@@H]2CCC1=O. The van der Waals surface area contributed by atoms with Gasteiger partial charge in [-0.3, -0.25) is 4.79 Å². The topological polar surface area (TPSA) is 57.5 Å². The number of carbonyl (C=O) groups is 1. The first-order chi connectivity index (χ1) is 8.92. The van der Waals surface area contributed by atoms with E-state index in [0.717, 1.165) is 12.0 Å². The van der Waals surface area contributed by atoms with Crippen LogP contribution in [0.1, 0.15) is 39.5 Å². The van der Waals surface area contributed by atoms with Crippen LogP contribution in [0.2, 0.25) is 0 Å². The van der Waals surface area contributed by atoms with Crippen molar-refractivity contribution >= 4 is 5.78 Å². The van der Waals surface area contributed by atoms with E-state index in [1.165, 1.54) is 5.57 Å². The highest BCUT2D eigenvalue weighted by molar-refractivity contribution is 5.97. The molecule has 5 atom stereocenters. The molecule has 19 heavy (non-hydrogen) atoms. The number of hydrogen-bond acceptors (Lipinski definition) is 3. The Morgan fingerprint density at radius 1 is 1.32 bits per heavy atom. The van der Waals surface area contributed by atoms with Gasteiger partial charge in [0.2, 0.25) is 0 Å². The molecule has 0 aromatic rings. The third kappa shape index (κ3) is 1.91. The van der Waals surface area contributed by atoms with E-state index in [1.54, 1.807) is 0 Å². The lowest BCUT2D eigenvalue weighted by atomic mass is 9.55. The molecule has 3 heteroatoms. The number of rotatable bonds is 0. The van der Waals surface area contributed by atoms with Crippen LogP contribution in [0, 0.1) is 17.3 Å². The first-order valence-electron chi connectivity index (χ1n) is 7.22. The van der Waals surface area contributed by atoms with Gasteiger partial charge in [-0.1, -0.05) is 19.1 Å². The maximum Gasteiger partial charge on any atom is 0.158 e. The fourth-order valence-electron chi connectivity index (χ4n) is 4.26. The Hall–Kier alpha value is -0.930. The molecular formula is C16H22O3. The van der Waals surface area contributed by atoms with Crippen LogP contribution in [-0.4, -0.2) is 28.2 Å². The molecule has 0 radical (unpaired) electrons. The van der Waals surface area contributed by atoms with Gasteiger partial charge < -0.3 is 10.2 Å². The third-order valence-corrected chi connectivity index (χ3v) is 5.50. The van der Waals surface area contributed by atoms with Crippen LogP contribution >= 0.6 is 0 Å². The van der Waals surface area contributed by atoms with Crippen LogP contribution < -0.4 is 0 Å². The van der Waals surface area contributed by atoms with E-state index in [-0.39, 0.29) is 11.2 Å². The first-order valence-corrected chi connectivity index (χ1v) is 7.22. The van der Waals surface area contributed by atoms with Crippen molar-refractivity contribution in [2.24, 2.45) is 17.3 Å². The van der Waals surface area contributed by atoms with E-state index in [2.05, 4.69) is 19.1 Å². The van der Waals surface area contributed by atoms with Gasteiger partial charge in [0.1, 0.15) is 0 Å². The Bertz CT molecular complexity index is 476. The van der Waals surface area contributed by atoms with Crippen LogP contribution in [-0.2, 0) is 4.79 Å². The summed E-state index contributed by atoms with van der Waals surface area (Å²) in [5.41, 5.74) is 2.02. The Labute approximate surface area is 114 Å². The zero-order chi connectivity index (χ0) is 13.8. The monoisotopic (exact) mass is 262 g/mol. The lowest BCUT2D eigenvalue weighted by Crippen LogP contribution is -2.49. The van der Waals surface area contributed by atoms with E-state index in [4.69, 9.17) is 0 Å². The van der Waals surface area contributed by atoms with Crippen LogP contribution in [0.5, 0.6) is 0 Å². The fourth-order valence-corrected chi connectivity index (χ4v) is 4.26. The average molecular weight is 262 g/mol. The molecule has 0 aromatic heterocycles. The number of Topliss-reactive ketones (excluding diaryl/α,β-unsaturated/α-hetero) is 1. The lowest BCUT2D eigenvalue weighted by molar-refractivity contribution is -0.117. The number of carbonyl (C=O) groups excluding carboxylic acids is 1. The minimum absolute atomic E-state index is 0.0481. The van der Waals surface area contributed by atoms with Gasteiger partial charge in [-0.05, 0) is 54.6 Å². The Morgan fingerprint density at radius 3 is 2.79 bits per heavy atom. The molecule has 3 aliphatic rings. The summed E-state index contributed by atoms with van der Waals surface area (Å²) in [6.45, 7) is 4.09. The molecule has 0 heterocycles. The van der Waals surface area contributed by atoms with Crippen LogP contribution in [0.15, 0.2) is 23.3 Å². The molecule has 1 fully saturated rings. The zero-order valence-corrected chi connectivity index (χ0v) is 11.6. The highest BCUT2D eigenvalue weighted by atomic mass is 16.3. The van der Waals surface area contributed by atoms with Gasteiger partial charge >= 0.3 is 0 Å². The van der Waals surface area contributed by atoms with E-state index in [1.807, 2.05) is 6.92 Å². The van der Waals surface area contributed by atoms with Gasteiger partial charge in [0.05, 0.1) is 12.2 Å². The zero-order valence-electron chi connectivity index (χ0n) is 11.6. The van der Waals surface area contributed by atoms with Crippen molar-refractivity contribution in [1.82, 2.24) is 0 Å². The molecule has 3 aliphatic carbocycles. The van der Waals surface area contributed by atoms with Crippen molar-refractivity contribution in [1.29, 1.82) is 0 Å². The van der Waals surface area contributed by atoms with Gasteiger partial charge in [-0.2, -0.15) is 0 Å². The summed E-state index contributed by atoms with van der Waals surface area (Å²) in [4.78, 5) is 11.8. The number of fused-ring (bicyclic) bond motifs is 3. The molecule has 0 bridgehead atoms. The van der Waals surface area contributed by atoms with Crippen LogP contribution in [0.4, 0.5) is 0 Å². The summed E-state index contributed by atoms with van der Waals surface area (Å²) in [6, 6.07) is 0. The maximum absolute atomic E-state index is 11.8. The summed E-state index contributed by atoms with van der Waals surface area (Å²) < 4.78 is 0. The highest BCUT2D eigenvalue weighted by Crippen LogP contribution is 2.53. The molecule has 0 aliphatic heterocycles. The molecule has 104 valence electrons. The first kappa shape index (κ1) is 13.1. The predicted molar refractivity (Wildman–Crippen MR) is 72.4 cm³/mol. The van der Waals surface area contributed by atoms with Crippen molar-refractivity contribution in [2.45, 2.75) is 51.7 Å².